The molecule has 0 aromatic rings. The summed E-state index contributed by atoms with van der Waals surface area (Å²) in [6.45, 7) is 0.811. The summed E-state index contributed by atoms with van der Waals surface area (Å²) in [7, 11) is 2.70. The highest BCUT2D eigenvalue weighted by molar-refractivity contribution is 5.69. The highest BCUT2D eigenvalue weighted by Gasteiger charge is 1.98. The van der Waals surface area contributed by atoms with E-state index in [-0.39, 0.29) is 11.9 Å². The van der Waals surface area contributed by atoms with Crippen molar-refractivity contribution in [3.63, 3.8) is 0 Å². The predicted molar refractivity (Wildman–Crippen MR) is 73.8 cm³/mol. The summed E-state index contributed by atoms with van der Waals surface area (Å²) in [5.41, 5.74) is 0. The van der Waals surface area contributed by atoms with Crippen molar-refractivity contribution >= 4 is 11.9 Å². The zero-order chi connectivity index (χ0) is 15.8. The van der Waals surface area contributed by atoms with Crippen LogP contribution in [0.3, 0.4) is 0 Å². The topological polar surface area (TPSA) is 80.3 Å². The van der Waals surface area contributed by atoms with Crippen molar-refractivity contribution in [2.45, 2.75) is 25.7 Å². The quantitative estimate of drug-likeness (QED) is 0.309. The van der Waals surface area contributed by atoms with Crippen molar-refractivity contribution in [3.05, 3.63) is 25.0 Å². The molecular weight excluding hydrogens is 280 g/mol. The fraction of sp³-hybridized carbons (Fsp3) is 0.571. The van der Waals surface area contributed by atoms with Crippen LogP contribution in [0.1, 0.15) is 25.7 Å². The molecular formula is C14H22O7. The monoisotopic (exact) mass is 302 g/mol. The number of hydrogen-bond donors (Lipinski definition) is 0. The van der Waals surface area contributed by atoms with Crippen molar-refractivity contribution in [1.82, 2.24) is 0 Å². The van der Waals surface area contributed by atoms with Crippen LogP contribution in [0.25, 0.3) is 0 Å². The minimum atomic E-state index is -0.258. The van der Waals surface area contributed by atoms with Crippen molar-refractivity contribution in [3.8, 4) is 0 Å². The molecule has 21 heavy (non-hydrogen) atoms. The Morgan fingerprint density at radius 1 is 0.762 bits per heavy atom. The average molecular weight is 302 g/mol. The summed E-state index contributed by atoms with van der Waals surface area (Å²) in [5.74, 6) is -0.516. The standard InChI is InChI=1S/C14H22O7/c1-17-13(15)5-3-7-19-9-11-21-12-10-20-8-4-6-14(16)18-2/h9-12H,3-8H2,1-2H3. The fourth-order valence-electron chi connectivity index (χ4n) is 1.13. The molecule has 0 rings (SSSR count). The van der Waals surface area contributed by atoms with Gasteiger partial charge in [0.1, 0.15) is 25.0 Å². The first kappa shape index (κ1) is 18.8. The van der Waals surface area contributed by atoms with Crippen molar-refractivity contribution < 1.29 is 33.3 Å². The van der Waals surface area contributed by atoms with Gasteiger partial charge in [0.15, 0.2) is 0 Å². The third-order valence-corrected chi connectivity index (χ3v) is 2.20. The largest absolute Gasteiger partial charge is 0.498 e. The minimum Gasteiger partial charge on any atom is -0.498 e. The van der Waals surface area contributed by atoms with E-state index < -0.39 is 0 Å². The van der Waals surface area contributed by atoms with E-state index in [2.05, 4.69) is 9.47 Å². The Kier molecular flexibility index (Phi) is 12.8. The van der Waals surface area contributed by atoms with E-state index in [4.69, 9.17) is 14.2 Å². The molecule has 7 nitrogen and oxygen atoms in total. The first-order valence-electron chi connectivity index (χ1n) is 6.53. The maximum atomic E-state index is 10.8. The zero-order valence-electron chi connectivity index (χ0n) is 12.4. The zero-order valence-corrected chi connectivity index (χ0v) is 12.4. The van der Waals surface area contributed by atoms with Gasteiger partial charge in [0.05, 0.1) is 27.4 Å². The van der Waals surface area contributed by atoms with E-state index in [0.29, 0.717) is 38.9 Å². The van der Waals surface area contributed by atoms with E-state index in [9.17, 15) is 9.59 Å². The van der Waals surface area contributed by atoms with Crippen molar-refractivity contribution in [2.75, 3.05) is 27.4 Å². The maximum Gasteiger partial charge on any atom is 0.305 e. The summed E-state index contributed by atoms with van der Waals surface area (Å²) in [6, 6.07) is 0. The Balaban J connectivity index is 3.32. The highest BCUT2D eigenvalue weighted by atomic mass is 16.5. The van der Waals surface area contributed by atoms with Gasteiger partial charge in [-0.15, -0.1) is 0 Å². The van der Waals surface area contributed by atoms with Gasteiger partial charge in [-0.2, -0.15) is 0 Å². The van der Waals surface area contributed by atoms with Gasteiger partial charge < -0.3 is 23.7 Å². The van der Waals surface area contributed by atoms with Gasteiger partial charge in [-0.1, -0.05) is 0 Å². The van der Waals surface area contributed by atoms with Crippen LogP contribution in [0.2, 0.25) is 0 Å². The van der Waals surface area contributed by atoms with Gasteiger partial charge in [-0.05, 0) is 12.8 Å². The molecule has 0 saturated carbocycles. The van der Waals surface area contributed by atoms with E-state index >= 15 is 0 Å². The van der Waals surface area contributed by atoms with Gasteiger partial charge in [-0.3, -0.25) is 9.59 Å². The molecule has 0 atom stereocenters. The molecule has 0 spiro atoms. The molecule has 0 bridgehead atoms. The summed E-state index contributed by atoms with van der Waals surface area (Å²) in [5, 5.41) is 0. The van der Waals surface area contributed by atoms with Crippen LogP contribution in [-0.2, 0) is 33.3 Å². The molecule has 0 aliphatic carbocycles. The Hall–Kier alpha value is -2.18. The summed E-state index contributed by atoms with van der Waals surface area (Å²) in [4.78, 5) is 21.6. The third kappa shape index (κ3) is 14.0. The molecule has 0 saturated heterocycles. The lowest BCUT2D eigenvalue weighted by Gasteiger charge is -2.00. The van der Waals surface area contributed by atoms with Crippen LogP contribution >= 0.6 is 0 Å². The van der Waals surface area contributed by atoms with Crippen molar-refractivity contribution in [1.29, 1.82) is 0 Å². The fourth-order valence-corrected chi connectivity index (χ4v) is 1.13. The lowest BCUT2D eigenvalue weighted by Crippen LogP contribution is -2.01. The molecule has 0 aliphatic rings. The second-order valence-corrected chi connectivity index (χ2v) is 3.78. The predicted octanol–water partition coefficient (Wildman–Crippen LogP) is 1.88. The van der Waals surface area contributed by atoms with Crippen LogP contribution in [0.4, 0.5) is 0 Å². The molecule has 0 heterocycles. The lowest BCUT2D eigenvalue weighted by molar-refractivity contribution is -0.141. The Morgan fingerprint density at radius 2 is 1.19 bits per heavy atom. The lowest BCUT2D eigenvalue weighted by atomic mass is 10.3. The Morgan fingerprint density at radius 3 is 1.57 bits per heavy atom. The molecule has 0 fully saturated rings. The SMILES string of the molecule is COC(=O)CCCOC=COC=COCCCC(=O)OC. The second kappa shape index (κ2) is 14.2. The summed E-state index contributed by atoms with van der Waals surface area (Å²) >= 11 is 0. The minimum absolute atomic E-state index is 0.258. The summed E-state index contributed by atoms with van der Waals surface area (Å²) < 4.78 is 24.1. The van der Waals surface area contributed by atoms with Crippen LogP contribution in [-0.4, -0.2) is 39.4 Å². The van der Waals surface area contributed by atoms with E-state index in [1.54, 1.807) is 0 Å². The van der Waals surface area contributed by atoms with E-state index in [0.717, 1.165) is 0 Å². The Bertz CT molecular complexity index is 304. The number of rotatable bonds is 12. The van der Waals surface area contributed by atoms with Crippen LogP contribution < -0.4 is 0 Å². The van der Waals surface area contributed by atoms with Gasteiger partial charge >= 0.3 is 11.9 Å². The van der Waals surface area contributed by atoms with E-state index in [1.807, 2.05) is 0 Å². The molecule has 0 aromatic heterocycles. The van der Waals surface area contributed by atoms with Gasteiger partial charge in [0.25, 0.3) is 0 Å². The number of esters is 2. The third-order valence-electron chi connectivity index (χ3n) is 2.20. The first-order chi connectivity index (χ1) is 10.2. The number of carbonyl (C=O) groups is 2. The van der Waals surface area contributed by atoms with Crippen LogP contribution in [0, 0.1) is 0 Å². The van der Waals surface area contributed by atoms with Crippen LogP contribution in [0.5, 0.6) is 0 Å². The first-order valence-corrected chi connectivity index (χ1v) is 6.53. The molecule has 0 amide bonds. The van der Waals surface area contributed by atoms with Gasteiger partial charge in [-0.25, -0.2) is 0 Å². The molecule has 0 N–H and O–H groups in total. The molecule has 0 unspecified atom stereocenters. The maximum absolute atomic E-state index is 10.8. The molecule has 120 valence electrons. The second-order valence-electron chi connectivity index (χ2n) is 3.78. The summed E-state index contributed by atoms with van der Waals surface area (Å²) in [6.07, 6.45) is 7.23. The van der Waals surface area contributed by atoms with E-state index in [1.165, 1.54) is 39.3 Å². The average Bonchev–Trinajstić information content (AvgIpc) is 2.51. The molecule has 0 aliphatic heterocycles. The highest BCUT2D eigenvalue weighted by Crippen LogP contribution is 1.95. The number of carbonyl (C=O) groups excluding carboxylic acids is 2. The number of methoxy groups -OCH3 is 2. The van der Waals surface area contributed by atoms with Gasteiger partial charge in [0.2, 0.25) is 0 Å². The smallest absolute Gasteiger partial charge is 0.305 e. The number of ether oxygens (including phenoxy) is 5. The van der Waals surface area contributed by atoms with Crippen molar-refractivity contribution in [2.24, 2.45) is 0 Å². The number of hydrogen-bond acceptors (Lipinski definition) is 7. The molecule has 7 heteroatoms. The van der Waals surface area contributed by atoms with Gasteiger partial charge in [0, 0.05) is 12.8 Å². The Labute approximate surface area is 124 Å². The normalized spacial score (nSPS) is 10.6. The molecule has 0 aromatic carbocycles. The molecule has 0 radical (unpaired) electrons. The van der Waals surface area contributed by atoms with Crippen LogP contribution in [0.15, 0.2) is 25.0 Å².